The van der Waals surface area contributed by atoms with Crippen LogP contribution in [0.4, 0.5) is 18.9 Å². The van der Waals surface area contributed by atoms with Gasteiger partial charge in [-0.25, -0.2) is 8.42 Å². The van der Waals surface area contributed by atoms with Crippen molar-refractivity contribution in [3.63, 3.8) is 0 Å². The van der Waals surface area contributed by atoms with Crippen LogP contribution in [-0.2, 0) is 10.0 Å². The SMILES string of the molecule is O=C(NCC(F)(F)F)c1ccc(S(=O)(=O)Nc2cccc3cccnc23)cc1. The summed E-state index contributed by atoms with van der Waals surface area (Å²) < 4.78 is 64.1. The van der Waals surface area contributed by atoms with Crippen LogP contribution >= 0.6 is 0 Å². The molecule has 1 aromatic heterocycles. The van der Waals surface area contributed by atoms with Crippen LogP contribution in [0.5, 0.6) is 0 Å². The Balaban J connectivity index is 1.80. The molecule has 0 radical (unpaired) electrons. The lowest BCUT2D eigenvalue weighted by Gasteiger charge is -2.11. The molecule has 0 spiro atoms. The minimum atomic E-state index is -4.53. The monoisotopic (exact) mass is 409 g/mol. The smallest absolute Gasteiger partial charge is 0.343 e. The van der Waals surface area contributed by atoms with Crippen LogP contribution in [0, 0.1) is 0 Å². The molecule has 146 valence electrons. The summed E-state index contributed by atoms with van der Waals surface area (Å²) in [7, 11) is -3.98. The summed E-state index contributed by atoms with van der Waals surface area (Å²) in [5.41, 5.74) is 0.664. The summed E-state index contributed by atoms with van der Waals surface area (Å²) in [6.07, 6.45) is -3.00. The molecular formula is C18H14F3N3O3S. The third kappa shape index (κ3) is 4.58. The number of hydrogen-bond acceptors (Lipinski definition) is 4. The molecule has 0 aliphatic carbocycles. The number of pyridine rings is 1. The number of hydrogen-bond donors (Lipinski definition) is 2. The maximum atomic E-state index is 12.6. The van der Waals surface area contributed by atoms with Gasteiger partial charge in [0, 0.05) is 17.1 Å². The molecule has 2 N–H and O–H groups in total. The quantitative estimate of drug-likeness (QED) is 0.677. The first-order chi connectivity index (χ1) is 13.2. The molecule has 0 aliphatic heterocycles. The molecule has 0 saturated heterocycles. The highest BCUT2D eigenvalue weighted by Crippen LogP contribution is 2.24. The Morgan fingerprint density at radius 1 is 1.00 bits per heavy atom. The first kappa shape index (κ1) is 19.6. The lowest BCUT2D eigenvalue weighted by atomic mass is 10.2. The molecule has 0 atom stereocenters. The van der Waals surface area contributed by atoms with E-state index in [0.29, 0.717) is 5.52 Å². The van der Waals surface area contributed by atoms with Crippen LogP contribution in [0.25, 0.3) is 10.9 Å². The van der Waals surface area contributed by atoms with Gasteiger partial charge < -0.3 is 5.32 Å². The van der Waals surface area contributed by atoms with Crippen LogP contribution in [0.1, 0.15) is 10.4 Å². The Kier molecular flexibility index (Phi) is 5.23. The Morgan fingerprint density at radius 3 is 2.36 bits per heavy atom. The number of aromatic nitrogens is 1. The van der Waals surface area contributed by atoms with Crippen molar-refractivity contribution in [3.8, 4) is 0 Å². The number of carbonyl (C=O) groups excluding carboxylic acids is 1. The van der Waals surface area contributed by atoms with Crippen molar-refractivity contribution < 1.29 is 26.4 Å². The van der Waals surface area contributed by atoms with Gasteiger partial charge in [0.15, 0.2) is 0 Å². The number of para-hydroxylation sites is 1. The van der Waals surface area contributed by atoms with Crippen LogP contribution in [-0.4, -0.2) is 32.0 Å². The van der Waals surface area contributed by atoms with Gasteiger partial charge in [0.05, 0.1) is 16.1 Å². The van der Waals surface area contributed by atoms with Crippen LogP contribution < -0.4 is 10.0 Å². The molecule has 0 fully saturated rings. The molecule has 10 heteroatoms. The fraction of sp³-hybridized carbons (Fsp3) is 0.111. The standard InChI is InChI=1S/C18H14F3N3O3S/c19-18(20,21)11-23-17(25)13-6-8-14(9-7-13)28(26,27)24-15-5-1-3-12-4-2-10-22-16(12)15/h1-10,24H,11H2,(H,23,25). The lowest BCUT2D eigenvalue weighted by Crippen LogP contribution is -2.33. The first-order valence-corrected chi connectivity index (χ1v) is 9.46. The predicted octanol–water partition coefficient (Wildman–Crippen LogP) is 3.33. The maximum absolute atomic E-state index is 12.6. The van der Waals surface area contributed by atoms with Gasteiger partial charge in [-0.1, -0.05) is 18.2 Å². The van der Waals surface area contributed by atoms with E-state index in [-0.39, 0.29) is 16.1 Å². The molecule has 6 nitrogen and oxygen atoms in total. The molecule has 3 aromatic rings. The van der Waals surface area contributed by atoms with E-state index in [1.807, 2.05) is 0 Å². The largest absolute Gasteiger partial charge is 0.405 e. The van der Waals surface area contributed by atoms with Gasteiger partial charge in [-0.3, -0.25) is 14.5 Å². The Hall–Kier alpha value is -3.14. The number of nitrogens with zero attached hydrogens (tertiary/aromatic N) is 1. The van der Waals surface area contributed by atoms with Crippen molar-refractivity contribution in [2.75, 3.05) is 11.3 Å². The molecule has 0 unspecified atom stereocenters. The molecule has 28 heavy (non-hydrogen) atoms. The molecule has 0 saturated carbocycles. The van der Waals surface area contributed by atoms with Crippen molar-refractivity contribution in [2.24, 2.45) is 0 Å². The average Bonchev–Trinajstić information content (AvgIpc) is 2.66. The van der Waals surface area contributed by atoms with E-state index in [1.54, 1.807) is 35.6 Å². The van der Waals surface area contributed by atoms with E-state index >= 15 is 0 Å². The third-order valence-electron chi connectivity index (χ3n) is 3.75. The minimum Gasteiger partial charge on any atom is -0.343 e. The number of nitrogens with one attached hydrogen (secondary N) is 2. The average molecular weight is 409 g/mol. The van der Waals surface area contributed by atoms with Crippen LogP contribution in [0.2, 0.25) is 0 Å². The number of amides is 1. The summed E-state index contributed by atoms with van der Waals surface area (Å²) in [5.74, 6) is -0.951. The fourth-order valence-electron chi connectivity index (χ4n) is 2.46. The van der Waals surface area contributed by atoms with E-state index in [4.69, 9.17) is 0 Å². The zero-order valence-electron chi connectivity index (χ0n) is 14.2. The number of carbonyl (C=O) groups is 1. The number of benzene rings is 2. The highest BCUT2D eigenvalue weighted by Gasteiger charge is 2.28. The normalized spacial score (nSPS) is 12.0. The van der Waals surface area contributed by atoms with Crippen molar-refractivity contribution in [1.82, 2.24) is 10.3 Å². The second kappa shape index (κ2) is 7.47. The lowest BCUT2D eigenvalue weighted by molar-refractivity contribution is -0.123. The Morgan fingerprint density at radius 2 is 1.68 bits per heavy atom. The topological polar surface area (TPSA) is 88.2 Å². The second-order valence-corrected chi connectivity index (χ2v) is 7.49. The summed E-state index contributed by atoms with van der Waals surface area (Å²) in [6, 6.07) is 13.1. The summed E-state index contributed by atoms with van der Waals surface area (Å²) in [5, 5.41) is 2.47. The second-order valence-electron chi connectivity index (χ2n) is 5.81. The Bertz CT molecular complexity index is 1110. The van der Waals surface area contributed by atoms with Gasteiger partial charge in [-0.15, -0.1) is 0 Å². The van der Waals surface area contributed by atoms with Crippen molar-refractivity contribution in [3.05, 3.63) is 66.4 Å². The summed E-state index contributed by atoms with van der Waals surface area (Å²) in [6.45, 7) is -1.47. The number of halogens is 3. The first-order valence-electron chi connectivity index (χ1n) is 7.97. The summed E-state index contributed by atoms with van der Waals surface area (Å²) >= 11 is 0. The zero-order valence-corrected chi connectivity index (χ0v) is 15.0. The van der Waals surface area contributed by atoms with Gasteiger partial charge in [-0.05, 0) is 36.4 Å². The van der Waals surface area contributed by atoms with E-state index < -0.39 is 28.7 Å². The van der Waals surface area contributed by atoms with E-state index in [2.05, 4.69) is 9.71 Å². The van der Waals surface area contributed by atoms with Crippen molar-refractivity contribution in [1.29, 1.82) is 0 Å². The minimum absolute atomic E-state index is 0.0879. The highest BCUT2D eigenvalue weighted by atomic mass is 32.2. The highest BCUT2D eigenvalue weighted by molar-refractivity contribution is 7.92. The van der Waals surface area contributed by atoms with Crippen LogP contribution in [0.15, 0.2) is 65.7 Å². The van der Waals surface area contributed by atoms with E-state index in [0.717, 1.165) is 29.7 Å². The molecule has 3 rings (SSSR count). The predicted molar refractivity (Wildman–Crippen MR) is 97.4 cm³/mol. The van der Waals surface area contributed by atoms with Crippen LogP contribution in [0.3, 0.4) is 0 Å². The van der Waals surface area contributed by atoms with Gasteiger partial charge in [0.25, 0.3) is 15.9 Å². The third-order valence-corrected chi connectivity index (χ3v) is 5.13. The number of alkyl halides is 3. The van der Waals surface area contributed by atoms with E-state index in [9.17, 15) is 26.4 Å². The zero-order chi connectivity index (χ0) is 20.4. The van der Waals surface area contributed by atoms with Crippen molar-refractivity contribution in [2.45, 2.75) is 11.1 Å². The summed E-state index contributed by atoms with van der Waals surface area (Å²) in [4.78, 5) is 15.7. The molecule has 0 aliphatic rings. The number of rotatable bonds is 5. The van der Waals surface area contributed by atoms with Gasteiger partial charge in [0.1, 0.15) is 6.54 Å². The number of sulfonamides is 1. The fourth-order valence-corrected chi connectivity index (χ4v) is 3.52. The van der Waals surface area contributed by atoms with Gasteiger partial charge in [-0.2, -0.15) is 13.2 Å². The molecule has 0 bridgehead atoms. The number of fused-ring (bicyclic) bond motifs is 1. The molecule has 2 aromatic carbocycles. The van der Waals surface area contributed by atoms with E-state index in [1.165, 1.54) is 6.20 Å². The maximum Gasteiger partial charge on any atom is 0.405 e. The Labute approximate surface area is 158 Å². The van der Waals surface area contributed by atoms with Crippen molar-refractivity contribution >= 4 is 32.5 Å². The molecule has 1 heterocycles. The molecule has 1 amide bonds. The molecular weight excluding hydrogens is 395 g/mol. The van der Waals surface area contributed by atoms with Gasteiger partial charge >= 0.3 is 6.18 Å². The number of anilines is 1. The van der Waals surface area contributed by atoms with Gasteiger partial charge in [0.2, 0.25) is 0 Å².